The second kappa shape index (κ2) is 3.78. The molecule has 0 aliphatic heterocycles. The van der Waals surface area contributed by atoms with Crippen LogP contribution in [0.4, 0.5) is 0 Å². The van der Waals surface area contributed by atoms with Crippen LogP contribution in [0.3, 0.4) is 0 Å². The lowest BCUT2D eigenvalue weighted by atomic mass is 10.4. The molecule has 0 atom stereocenters. The van der Waals surface area contributed by atoms with E-state index in [0.29, 0.717) is 5.69 Å². The lowest BCUT2D eigenvalue weighted by Gasteiger charge is -2.03. The van der Waals surface area contributed by atoms with Crippen molar-refractivity contribution in [2.45, 2.75) is 6.61 Å². The van der Waals surface area contributed by atoms with Gasteiger partial charge in [0.25, 0.3) is 0 Å². The summed E-state index contributed by atoms with van der Waals surface area (Å²) < 4.78 is 14.5. The van der Waals surface area contributed by atoms with Crippen LogP contribution in [0.25, 0.3) is 0 Å². The van der Waals surface area contributed by atoms with E-state index in [2.05, 4.69) is 9.51 Å². The van der Waals surface area contributed by atoms with Gasteiger partial charge in [-0.05, 0) is 12.1 Å². The fourth-order valence-electron chi connectivity index (χ4n) is 0.634. The summed E-state index contributed by atoms with van der Waals surface area (Å²) in [6.45, 7) is -0.175. The monoisotopic (exact) mass is 189 g/mol. The number of pyridine rings is 1. The SMILES string of the molecule is O=P(O)(O)OCc1ccccn1. The van der Waals surface area contributed by atoms with Crippen LogP contribution in [-0.4, -0.2) is 14.8 Å². The highest BCUT2D eigenvalue weighted by atomic mass is 31.2. The third-order valence-electron chi connectivity index (χ3n) is 1.11. The zero-order chi connectivity index (χ0) is 9.03. The summed E-state index contributed by atoms with van der Waals surface area (Å²) in [4.78, 5) is 20.5. The van der Waals surface area contributed by atoms with Crippen LogP contribution >= 0.6 is 7.82 Å². The lowest BCUT2D eigenvalue weighted by Crippen LogP contribution is -1.92. The molecule has 0 amide bonds. The Morgan fingerprint density at radius 3 is 2.75 bits per heavy atom. The van der Waals surface area contributed by atoms with E-state index < -0.39 is 7.82 Å². The van der Waals surface area contributed by atoms with Gasteiger partial charge in [0.15, 0.2) is 0 Å². The number of nitrogens with zero attached hydrogens (tertiary/aromatic N) is 1. The molecule has 1 heterocycles. The topological polar surface area (TPSA) is 79.7 Å². The fraction of sp³-hybridized carbons (Fsp3) is 0.167. The molecule has 0 unspecified atom stereocenters. The van der Waals surface area contributed by atoms with E-state index in [1.54, 1.807) is 18.2 Å². The van der Waals surface area contributed by atoms with Gasteiger partial charge in [0.2, 0.25) is 0 Å². The molecule has 6 heteroatoms. The molecule has 1 rings (SSSR count). The first kappa shape index (κ1) is 9.35. The maximum Gasteiger partial charge on any atom is 0.469 e. The van der Waals surface area contributed by atoms with Gasteiger partial charge in [-0.3, -0.25) is 9.51 Å². The number of hydrogen-bond donors (Lipinski definition) is 2. The van der Waals surface area contributed by atoms with Gasteiger partial charge in [0.1, 0.15) is 6.61 Å². The summed E-state index contributed by atoms with van der Waals surface area (Å²) >= 11 is 0. The average Bonchev–Trinajstić information content (AvgIpc) is 2.02. The van der Waals surface area contributed by atoms with Gasteiger partial charge in [0, 0.05) is 6.20 Å². The molecule has 0 radical (unpaired) electrons. The molecular formula is C6H8NO4P. The van der Waals surface area contributed by atoms with E-state index in [1.165, 1.54) is 6.20 Å². The van der Waals surface area contributed by atoms with Crippen molar-refractivity contribution in [3.8, 4) is 0 Å². The number of phosphoric acid groups is 1. The van der Waals surface area contributed by atoms with Gasteiger partial charge in [-0.15, -0.1) is 0 Å². The Morgan fingerprint density at radius 2 is 2.25 bits per heavy atom. The third-order valence-corrected chi connectivity index (χ3v) is 1.57. The minimum atomic E-state index is -4.37. The minimum Gasteiger partial charge on any atom is -0.303 e. The van der Waals surface area contributed by atoms with Crippen molar-refractivity contribution in [3.63, 3.8) is 0 Å². The fourth-order valence-corrected chi connectivity index (χ4v) is 0.934. The van der Waals surface area contributed by atoms with Crippen molar-refractivity contribution in [2.75, 3.05) is 0 Å². The van der Waals surface area contributed by atoms with E-state index in [4.69, 9.17) is 9.79 Å². The van der Waals surface area contributed by atoms with Crippen molar-refractivity contribution >= 4 is 7.82 Å². The highest BCUT2D eigenvalue weighted by molar-refractivity contribution is 7.46. The normalized spacial score (nSPS) is 11.5. The molecule has 0 saturated carbocycles. The summed E-state index contributed by atoms with van der Waals surface area (Å²) in [5.74, 6) is 0. The van der Waals surface area contributed by atoms with Crippen molar-refractivity contribution in [2.24, 2.45) is 0 Å². The predicted molar refractivity (Wildman–Crippen MR) is 41.1 cm³/mol. The molecule has 0 fully saturated rings. The summed E-state index contributed by atoms with van der Waals surface area (Å²) in [5.41, 5.74) is 0.487. The first-order chi connectivity index (χ1) is 5.58. The Hall–Kier alpha value is -0.740. The number of aromatic nitrogens is 1. The molecule has 66 valence electrons. The van der Waals surface area contributed by atoms with Crippen molar-refractivity contribution < 1.29 is 18.9 Å². The van der Waals surface area contributed by atoms with E-state index in [0.717, 1.165) is 0 Å². The Labute approximate surface area is 69.3 Å². The van der Waals surface area contributed by atoms with Crippen LogP contribution in [-0.2, 0) is 15.7 Å². The van der Waals surface area contributed by atoms with Crippen molar-refractivity contribution in [3.05, 3.63) is 30.1 Å². The van der Waals surface area contributed by atoms with Crippen molar-refractivity contribution in [1.82, 2.24) is 4.98 Å². The summed E-state index contributed by atoms with van der Waals surface area (Å²) in [5, 5.41) is 0. The van der Waals surface area contributed by atoms with Gasteiger partial charge in [-0.25, -0.2) is 4.57 Å². The van der Waals surface area contributed by atoms with Gasteiger partial charge in [0.05, 0.1) is 5.69 Å². The van der Waals surface area contributed by atoms with Gasteiger partial charge >= 0.3 is 7.82 Å². The highest BCUT2D eigenvalue weighted by Crippen LogP contribution is 2.36. The first-order valence-corrected chi connectivity index (χ1v) is 4.71. The maximum absolute atomic E-state index is 10.2. The first-order valence-electron chi connectivity index (χ1n) is 3.18. The summed E-state index contributed by atoms with van der Waals surface area (Å²) in [6, 6.07) is 5.04. The molecular weight excluding hydrogens is 181 g/mol. The highest BCUT2D eigenvalue weighted by Gasteiger charge is 2.13. The number of rotatable bonds is 3. The lowest BCUT2D eigenvalue weighted by molar-refractivity contribution is 0.187. The van der Waals surface area contributed by atoms with Crippen LogP contribution in [0.5, 0.6) is 0 Å². The smallest absolute Gasteiger partial charge is 0.303 e. The summed E-state index contributed by atoms with van der Waals surface area (Å²) in [6.07, 6.45) is 1.53. The zero-order valence-corrected chi connectivity index (χ0v) is 7.02. The molecule has 1 aromatic heterocycles. The molecule has 0 bridgehead atoms. The number of hydrogen-bond acceptors (Lipinski definition) is 3. The van der Waals surface area contributed by atoms with Crippen molar-refractivity contribution in [1.29, 1.82) is 0 Å². The zero-order valence-electron chi connectivity index (χ0n) is 6.12. The Balaban J connectivity index is 2.50. The van der Waals surface area contributed by atoms with E-state index >= 15 is 0 Å². The molecule has 0 aliphatic rings. The molecule has 2 N–H and O–H groups in total. The Kier molecular flexibility index (Phi) is 2.94. The predicted octanol–water partition coefficient (Wildman–Crippen LogP) is 0.691. The van der Waals surface area contributed by atoms with Crippen LogP contribution in [0.15, 0.2) is 24.4 Å². The Morgan fingerprint density at radius 1 is 1.50 bits per heavy atom. The molecule has 0 saturated heterocycles. The third kappa shape index (κ3) is 3.59. The molecule has 12 heavy (non-hydrogen) atoms. The number of phosphoric ester groups is 1. The van der Waals surface area contributed by atoms with Gasteiger partial charge in [-0.2, -0.15) is 0 Å². The molecule has 5 nitrogen and oxygen atoms in total. The van der Waals surface area contributed by atoms with E-state index in [1.807, 2.05) is 0 Å². The van der Waals surface area contributed by atoms with Gasteiger partial charge in [-0.1, -0.05) is 6.07 Å². The standard InChI is InChI=1S/C6H8NO4P/c8-12(9,10)11-5-6-3-1-2-4-7-6/h1-4H,5H2,(H2,8,9,10). The molecule has 1 aromatic rings. The molecule has 0 aromatic carbocycles. The largest absolute Gasteiger partial charge is 0.469 e. The van der Waals surface area contributed by atoms with E-state index in [9.17, 15) is 4.57 Å². The second-order valence-electron chi connectivity index (χ2n) is 2.09. The molecule has 0 aliphatic carbocycles. The summed E-state index contributed by atoms with van der Waals surface area (Å²) in [7, 11) is -4.37. The maximum atomic E-state index is 10.2. The second-order valence-corrected chi connectivity index (χ2v) is 3.32. The quantitative estimate of drug-likeness (QED) is 0.684. The van der Waals surface area contributed by atoms with Crippen LogP contribution in [0.2, 0.25) is 0 Å². The van der Waals surface area contributed by atoms with Gasteiger partial charge < -0.3 is 9.79 Å². The van der Waals surface area contributed by atoms with Crippen LogP contribution in [0.1, 0.15) is 5.69 Å². The van der Waals surface area contributed by atoms with Crippen LogP contribution < -0.4 is 0 Å². The molecule has 0 spiro atoms. The minimum absolute atomic E-state index is 0.175. The van der Waals surface area contributed by atoms with Crippen LogP contribution in [0, 0.1) is 0 Å². The van der Waals surface area contributed by atoms with E-state index in [-0.39, 0.29) is 6.61 Å². The Bertz CT molecular complexity index is 283. The average molecular weight is 189 g/mol.